The quantitative estimate of drug-likeness (QED) is 0.717. The van der Waals surface area contributed by atoms with Crippen LogP contribution in [-0.2, 0) is 0 Å². The maximum absolute atomic E-state index is 13.1. The van der Waals surface area contributed by atoms with Gasteiger partial charge in [0.15, 0.2) is 5.65 Å². The molecule has 0 atom stereocenters. The second kappa shape index (κ2) is 4.93. The van der Waals surface area contributed by atoms with Gasteiger partial charge >= 0.3 is 6.07 Å². The van der Waals surface area contributed by atoms with Crippen molar-refractivity contribution in [3.05, 3.63) is 53.3 Å². The monoisotopic (exact) mass is 270 g/mol. The fourth-order valence-corrected chi connectivity index (χ4v) is 1.74. The average Bonchev–Trinajstić information content (AvgIpc) is 2.87. The lowest BCUT2D eigenvalue weighted by atomic mass is 10.3. The minimum absolute atomic E-state index is 0.295. The van der Waals surface area contributed by atoms with Crippen molar-refractivity contribution in [3.63, 3.8) is 0 Å². The highest BCUT2D eigenvalue weighted by atomic mass is 19.1. The average molecular weight is 270 g/mol. The van der Waals surface area contributed by atoms with Crippen LogP contribution in [0, 0.1) is 11.9 Å². The molecule has 3 rings (SSSR count). The van der Waals surface area contributed by atoms with E-state index < -0.39 is 5.82 Å². The summed E-state index contributed by atoms with van der Waals surface area (Å²) in [6, 6.07) is 5.75. The molecule has 0 aliphatic carbocycles. The van der Waals surface area contributed by atoms with E-state index in [2.05, 4.69) is 26.0 Å². The Bertz CT molecular complexity index is 833. The summed E-state index contributed by atoms with van der Waals surface area (Å²) in [6.45, 7) is 0. The Hall–Kier alpha value is -3.01. The first-order valence-corrected chi connectivity index (χ1v) is 5.73. The summed E-state index contributed by atoms with van der Waals surface area (Å²) in [5.41, 5.74) is 1.24. The van der Waals surface area contributed by atoms with Crippen molar-refractivity contribution in [2.45, 2.75) is 0 Å². The predicted molar refractivity (Wildman–Crippen MR) is 69.5 cm³/mol. The van der Waals surface area contributed by atoms with Crippen molar-refractivity contribution in [2.75, 3.05) is 7.05 Å². The number of aromatic nitrogens is 4. The molecule has 3 aromatic heterocycles. The molecule has 0 spiro atoms. The SMILES string of the molecule is C[N+]#Cc1cc(Oc2cncc(F)c2)cn2ncnc12. The van der Waals surface area contributed by atoms with Crippen molar-refractivity contribution < 1.29 is 9.13 Å². The second-order valence-electron chi connectivity index (χ2n) is 3.89. The lowest BCUT2D eigenvalue weighted by Crippen LogP contribution is -1.94. The van der Waals surface area contributed by atoms with Crippen molar-refractivity contribution >= 4 is 5.65 Å². The number of nitrogens with zero attached hydrogens (tertiary/aromatic N) is 5. The molecular formula is C13H9FN5O+. The molecule has 0 bridgehead atoms. The summed E-state index contributed by atoms with van der Waals surface area (Å²) in [6.07, 6.45) is 5.58. The van der Waals surface area contributed by atoms with Gasteiger partial charge in [0.25, 0.3) is 7.05 Å². The third-order valence-electron chi connectivity index (χ3n) is 2.50. The van der Waals surface area contributed by atoms with Crippen LogP contribution in [0.15, 0.2) is 37.1 Å². The van der Waals surface area contributed by atoms with E-state index in [4.69, 9.17) is 4.74 Å². The van der Waals surface area contributed by atoms with Gasteiger partial charge in [0, 0.05) is 12.1 Å². The number of hydrogen-bond donors (Lipinski definition) is 0. The van der Waals surface area contributed by atoms with Gasteiger partial charge in [0.2, 0.25) is 0 Å². The molecule has 3 heterocycles. The van der Waals surface area contributed by atoms with E-state index in [1.54, 1.807) is 19.3 Å². The van der Waals surface area contributed by atoms with E-state index in [1.807, 2.05) is 0 Å². The smallest absolute Gasteiger partial charge is 0.314 e. The van der Waals surface area contributed by atoms with Crippen LogP contribution >= 0.6 is 0 Å². The van der Waals surface area contributed by atoms with Crippen molar-refractivity contribution in [1.29, 1.82) is 0 Å². The fourth-order valence-electron chi connectivity index (χ4n) is 1.74. The molecule has 0 saturated heterocycles. The Kier molecular flexibility index (Phi) is 2.97. The zero-order valence-corrected chi connectivity index (χ0v) is 10.5. The molecule has 0 unspecified atom stereocenters. The Morgan fingerprint density at radius 1 is 1.30 bits per heavy atom. The third kappa shape index (κ3) is 2.27. The predicted octanol–water partition coefficient (Wildman–Crippen LogP) is 2.37. The zero-order valence-electron chi connectivity index (χ0n) is 10.5. The first-order valence-electron chi connectivity index (χ1n) is 5.73. The minimum Gasteiger partial charge on any atom is -0.454 e. The summed E-state index contributed by atoms with van der Waals surface area (Å²) in [7, 11) is 1.61. The molecule has 0 aliphatic heterocycles. The lowest BCUT2D eigenvalue weighted by molar-refractivity contribution is 0.469. The van der Waals surface area contributed by atoms with Crippen LogP contribution in [0.3, 0.4) is 0 Å². The Morgan fingerprint density at radius 3 is 3.00 bits per heavy atom. The number of fused-ring (bicyclic) bond motifs is 1. The summed E-state index contributed by atoms with van der Waals surface area (Å²) in [5, 5.41) is 4.04. The molecule has 98 valence electrons. The molecule has 0 fully saturated rings. The fraction of sp³-hybridized carbons (Fsp3) is 0.0769. The largest absolute Gasteiger partial charge is 0.454 e. The first kappa shape index (κ1) is 12.0. The van der Waals surface area contributed by atoms with E-state index in [1.165, 1.54) is 23.1 Å². The van der Waals surface area contributed by atoms with Crippen LogP contribution in [0.1, 0.15) is 5.56 Å². The maximum atomic E-state index is 13.1. The minimum atomic E-state index is -0.466. The van der Waals surface area contributed by atoms with Crippen LogP contribution in [0.4, 0.5) is 4.39 Å². The number of halogens is 1. The van der Waals surface area contributed by atoms with Gasteiger partial charge in [0.1, 0.15) is 29.2 Å². The molecule has 20 heavy (non-hydrogen) atoms. The molecule has 0 N–H and O–H groups in total. The number of ether oxygens (including phenoxy) is 1. The first-order chi connectivity index (χ1) is 9.76. The lowest BCUT2D eigenvalue weighted by Gasteiger charge is -2.05. The van der Waals surface area contributed by atoms with Gasteiger partial charge in [-0.2, -0.15) is 5.10 Å². The standard InChI is InChI=1S/C13H9FN5O/c1-15-4-9-2-12(7-19-13(9)17-8-18-19)20-11-3-10(14)5-16-6-11/h2-3,5-8H,1H3/q+1. The van der Waals surface area contributed by atoms with Crippen LogP contribution in [0.2, 0.25) is 0 Å². The Labute approximate surface area is 113 Å². The molecule has 0 aromatic carbocycles. The normalized spacial score (nSPS) is 10.1. The topological polar surface area (TPSA) is 56.7 Å². The number of pyridine rings is 2. The van der Waals surface area contributed by atoms with Gasteiger partial charge in [-0.15, -0.1) is 0 Å². The van der Waals surface area contributed by atoms with Crippen LogP contribution in [-0.4, -0.2) is 26.6 Å². The highest BCUT2D eigenvalue weighted by Crippen LogP contribution is 2.23. The van der Waals surface area contributed by atoms with Crippen LogP contribution in [0.25, 0.3) is 10.5 Å². The Morgan fingerprint density at radius 2 is 2.20 bits per heavy atom. The van der Waals surface area contributed by atoms with E-state index in [9.17, 15) is 4.39 Å². The van der Waals surface area contributed by atoms with Crippen molar-refractivity contribution in [1.82, 2.24) is 19.6 Å². The highest BCUT2D eigenvalue weighted by Gasteiger charge is 2.10. The second-order valence-corrected chi connectivity index (χ2v) is 3.89. The molecule has 0 radical (unpaired) electrons. The zero-order chi connectivity index (χ0) is 13.9. The molecular weight excluding hydrogens is 261 g/mol. The van der Waals surface area contributed by atoms with Crippen LogP contribution in [0.5, 0.6) is 11.5 Å². The van der Waals surface area contributed by atoms with E-state index in [-0.39, 0.29) is 0 Å². The van der Waals surface area contributed by atoms with E-state index in [0.29, 0.717) is 22.7 Å². The van der Waals surface area contributed by atoms with Gasteiger partial charge < -0.3 is 4.74 Å². The summed E-state index contributed by atoms with van der Waals surface area (Å²) in [4.78, 5) is 11.7. The van der Waals surface area contributed by atoms with E-state index >= 15 is 0 Å². The summed E-state index contributed by atoms with van der Waals surface area (Å²) in [5.74, 6) is 0.289. The van der Waals surface area contributed by atoms with Gasteiger partial charge in [0.05, 0.1) is 18.6 Å². The number of rotatable bonds is 2. The molecule has 7 heteroatoms. The van der Waals surface area contributed by atoms with Gasteiger partial charge in [-0.05, 0) is 0 Å². The van der Waals surface area contributed by atoms with Gasteiger partial charge in [-0.25, -0.2) is 13.9 Å². The van der Waals surface area contributed by atoms with Gasteiger partial charge in [-0.1, -0.05) is 4.85 Å². The Balaban J connectivity index is 2.04. The summed E-state index contributed by atoms with van der Waals surface area (Å²) >= 11 is 0. The van der Waals surface area contributed by atoms with E-state index in [0.717, 1.165) is 6.20 Å². The van der Waals surface area contributed by atoms with Gasteiger partial charge in [-0.3, -0.25) is 4.98 Å². The van der Waals surface area contributed by atoms with Crippen LogP contribution < -0.4 is 4.74 Å². The molecule has 0 saturated carbocycles. The molecule has 0 amide bonds. The van der Waals surface area contributed by atoms with Crippen molar-refractivity contribution in [2.24, 2.45) is 0 Å². The molecule has 3 aromatic rings. The summed E-state index contributed by atoms with van der Waals surface area (Å²) < 4.78 is 20.2. The number of hydrogen-bond acceptors (Lipinski definition) is 4. The third-order valence-corrected chi connectivity index (χ3v) is 2.50. The maximum Gasteiger partial charge on any atom is 0.314 e. The molecule has 6 nitrogen and oxygen atoms in total. The highest BCUT2D eigenvalue weighted by molar-refractivity contribution is 5.57. The van der Waals surface area contributed by atoms with Crippen molar-refractivity contribution in [3.8, 4) is 17.6 Å². The molecule has 0 aliphatic rings.